The van der Waals surface area contributed by atoms with Gasteiger partial charge in [-0.15, -0.1) is 0 Å². The van der Waals surface area contributed by atoms with Gasteiger partial charge in [0, 0.05) is 11.8 Å². The second kappa shape index (κ2) is 2.75. The van der Waals surface area contributed by atoms with Crippen molar-refractivity contribution in [3.05, 3.63) is 18.0 Å². The van der Waals surface area contributed by atoms with Gasteiger partial charge < -0.3 is 15.5 Å². The normalized spacial score (nSPS) is 14.8. The predicted octanol–water partition coefficient (Wildman–Crippen LogP) is -0.455. The Balaban J connectivity index is 2.87. The highest BCUT2D eigenvalue weighted by Crippen LogP contribution is 2.47. The third-order valence-electron chi connectivity index (χ3n) is 1.22. The molecule has 0 aliphatic carbocycles. The summed E-state index contributed by atoms with van der Waals surface area (Å²) in [5.74, 6) is -1.28. The van der Waals surface area contributed by atoms with Crippen molar-refractivity contribution in [2.45, 2.75) is 5.78 Å². The molecule has 0 bridgehead atoms. The molecule has 1 aromatic rings. The second-order valence-corrected chi connectivity index (χ2v) is 3.80. The Morgan fingerprint density at radius 3 is 2.73 bits per heavy atom. The van der Waals surface area contributed by atoms with Gasteiger partial charge in [-0.25, -0.2) is 0 Å². The molecule has 11 heavy (non-hydrogen) atoms. The van der Waals surface area contributed by atoms with Crippen molar-refractivity contribution in [3.8, 4) is 0 Å². The van der Waals surface area contributed by atoms with Crippen LogP contribution in [0.1, 0.15) is 11.3 Å². The third-order valence-corrected chi connectivity index (χ3v) is 2.25. The molecule has 0 amide bonds. The first-order valence-electron chi connectivity index (χ1n) is 2.81. The second-order valence-electron chi connectivity index (χ2n) is 2.07. The summed E-state index contributed by atoms with van der Waals surface area (Å²) < 4.78 is 10.6. The first kappa shape index (κ1) is 8.42. The van der Waals surface area contributed by atoms with Gasteiger partial charge in [-0.2, -0.15) is 5.10 Å². The average Bonchev–Trinajstić information content (AvgIpc) is 2.34. The van der Waals surface area contributed by atoms with E-state index in [-0.39, 0.29) is 0 Å². The molecule has 1 unspecified atom stereocenters. The van der Waals surface area contributed by atoms with Crippen LogP contribution in [0.4, 0.5) is 0 Å². The molecular weight excluding hydrogens is 169 g/mol. The van der Waals surface area contributed by atoms with Crippen LogP contribution in [0.15, 0.2) is 12.4 Å². The average molecular weight is 177 g/mol. The van der Waals surface area contributed by atoms with Crippen LogP contribution in [-0.2, 0) is 4.57 Å². The zero-order valence-electron chi connectivity index (χ0n) is 5.51. The maximum Gasteiger partial charge on any atom is 0.346 e. The zero-order chi connectivity index (χ0) is 8.48. The van der Waals surface area contributed by atoms with Gasteiger partial charge in [-0.1, -0.05) is 0 Å². The molecule has 1 aromatic heterocycles. The molecule has 0 radical (unpaired) electrons. The van der Waals surface area contributed by atoms with E-state index in [0.29, 0.717) is 5.56 Å². The van der Waals surface area contributed by atoms with E-state index >= 15 is 0 Å². The predicted molar refractivity (Wildman–Crippen MR) is 37.6 cm³/mol. The summed E-state index contributed by atoms with van der Waals surface area (Å²) in [7, 11) is -4.23. The summed E-state index contributed by atoms with van der Waals surface area (Å²) >= 11 is 0. The van der Waals surface area contributed by atoms with E-state index < -0.39 is 13.4 Å². The van der Waals surface area contributed by atoms with Crippen molar-refractivity contribution >= 4 is 7.60 Å². The Morgan fingerprint density at radius 2 is 2.36 bits per heavy atom. The molecule has 6 nitrogen and oxygen atoms in total. The fraction of sp³-hybridized carbons (Fsp3) is 0.250. The number of aromatic nitrogens is 2. The smallest absolute Gasteiger partial charge is 0.323 e. The molecule has 5 N–H and O–H groups in total. The fourth-order valence-electron chi connectivity index (χ4n) is 0.617. The molecule has 0 aliphatic rings. The van der Waals surface area contributed by atoms with E-state index in [0.717, 1.165) is 0 Å². The van der Waals surface area contributed by atoms with E-state index in [2.05, 4.69) is 10.2 Å². The van der Waals surface area contributed by atoms with Crippen LogP contribution in [-0.4, -0.2) is 20.0 Å². The molecule has 7 heteroatoms. The Morgan fingerprint density at radius 1 is 1.73 bits per heavy atom. The maximum atomic E-state index is 10.6. The molecule has 0 spiro atoms. The van der Waals surface area contributed by atoms with E-state index in [1.54, 1.807) is 0 Å². The van der Waals surface area contributed by atoms with Crippen molar-refractivity contribution in [2.75, 3.05) is 0 Å². The van der Waals surface area contributed by atoms with E-state index in [9.17, 15) is 4.57 Å². The minimum Gasteiger partial charge on any atom is -0.323 e. The SMILES string of the molecule is NC(c1cn[nH]c1)P(=O)(O)O. The Bertz CT molecular complexity index is 266. The van der Waals surface area contributed by atoms with Gasteiger partial charge in [0.1, 0.15) is 5.78 Å². The summed E-state index contributed by atoms with van der Waals surface area (Å²) in [5.41, 5.74) is 5.50. The molecule has 0 fully saturated rings. The molecule has 62 valence electrons. The van der Waals surface area contributed by atoms with E-state index in [1.807, 2.05) is 0 Å². The maximum absolute atomic E-state index is 10.6. The Hall–Kier alpha value is -0.680. The third kappa shape index (κ3) is 1.87. The molecule has 0 aliphatic heterocycles. The van der Waals surface area contributed by atoms with Crippen molar-refractivity contribution in [1.29, 1.82) is 0 Å². The number of aromatic amines is 1. The number of rotatable bonds is 2. The molecular formula is C4H8N3O3P. The van der Waals surface area contributed by atoms with Gasteiger partial charge in [-0.05, 0) is 0 Å². The highest BCUT2D eigenvalue weighted by molar-refractivity contribution is 7.52. The minimum absolute atomic E-state index is 0.304. The lowest BCUT2D eigenvalue weighted by molar-refractivity contribution is 0.359. The van der Waals surface area contributed by atoms with Crippen LogP contribution in [0.2, 0.25) is 0 Å². The number of hydrogen-bond donors (Lipinski definition) is 4. The van der Waals surface area contributed by atoms with Crippen LogP contribution >= 0.6 is 7.60 Å². The number of nitrogens with zero attached hydrogens (tertiary/aromatic N) is 1. The Kier molecular flexibility index (Phi) is 2.10. The number of hydrogen-bond acceptors (Lipinski definition) is 3. The van der Waals surface area contributed by atoms with Gasteiger partial charge in [0.15, 0.2) is 0 Å². The summed E-state index contributed by atoms with van der Waals surface area (Å²) in [6.07, 6.45) is 2.63. The quantitative estimate of drug-likeness (QED) is 0.457. The van der Waals surface area contributed by atoms with Gasteiger partial charge in [-0.3, -0.25) is 9.66 Å². The summed E-state index contributed by atoms with van der Waals surface area (Å²) in [6, 6.07) is 0. The van der Waals surface area contributed by atoms with Crippen LogP contribution in [0.5, 0.6) is 0 Å². The molecule has 0 aromatic carbocycles. The Labute approximate surface area is 62.6 Å². The van der Waals surface area contributed by atoms with Crippen molar-refractivity contribution in [3.63, 3.8) is 0 Å². The minimum atomic E-state index is -4.23. The zero-order valence-corrected chi connectivity index (χ0v) is 6.40. The fourth-order valence-corrected chi connectivity index (χ4v) is 1.15. The van der Waals surface area contributed by atoms with E-state index in [1.165, 1.54) is 12.4 Å². The topological polar surface area (TPSA) is 112 Å². The lowest BCUT2D eigenvalue weighted by Crippen LogP contribution is -2.09. The number of H-pyrrole nitrogens is 1. The molecule has 0 saturated carbocycles. The number of nitrogens with two attached hydrogens (primary N) is 1. The van der Waals surface area contributed by atoms with Gasteiger partial charge in [0.2, 0.25) is 0 Å². The van der Waals surface area contributed by atoms with Crippen molar-refractivity contribution in [2.24, 2.45) is 5.73 Å². The summed E-state index contributed by atoms with van der Waals surface area (Å²) in [6.45, 7) is 0. The summed E-state index contributed by atoms with van der Waals surface area (Å²) in [4.78, 5) is 17.2. The van der Waals surface area contributed by atoms with Crippen LogP contribution < -0.4 is 5.73 Å². The van der Waals surface area contributed by atoms with Crippen LogP contribution in [0, 0.1) is 0 Å². The van der Waals surface area contributed by atoms with Gasteiger partial charge >= 0.3 is 7.60 Å². The van der Waals surface area contributed by atoms with Gasteiger partial charge in [0.05, 0.1) is 6.20 Å². The lowest BCUT2D eigenvalue weighted by atomic mass is 10.4. The summed E-state index contributed by atoms with van der Waals surface area (Å²) in [5, 5.41) is 5.92. The monoisotopic (exact) mass is 177 g/mol. The van der Waals surface area contributed by atoms with Crippen molar-refractivity contribution < 1.29 is 14.4 Å². The van der Waals surface area contributed by atoms with Gasteiger partial charge in [0.25, 0.3) is 0 Å². The lowest BCUT2D eigenvalue weighted by Gasteiger charge is -2.09. The van der Waals surface area contributed by atoms with Crippen molar-refractivity contribution in [1.82, 2.24) is 10.2 Å². The highest BCUT2D eigenvalue weighted by atomic mass is 31.2. The first-order valence-corrected chi connectivity index (χ1v) is 4.49. The highest BCUT2D eigenvalue weighted by Gasteiger charge is 2.26. The molecule has 1 rings (SSSR count). The standard InChI is InChI=1S/C4H8N3O3P/c5-4(11(8,9)10)3-1-6-7-2-3/h1-2,4H,5H2,(H,6,7)(H2,8,9,10). The van der Waals surface area contributed by atoms with Crippen LogP contribution in [0.25, 0.3) is 0 Å². The number of nitrogens with one attached hydrogen (secondary N) is 1. The molecule has 0 saturated heterocycles. The van der Waals surface area contributed by atoms with Crippen LogP contribution in [0.3, 0.4) is 0 Å². The van der Waals surface area contributed by atoms with E-state index in [4.69, 9.17) is 15.5 Å². The first-order chi connectivity index (χ1) is 5.02. The molecule has 1 atom stereocenters. The largest absolute Gasteiger partial charge is 0.346 e. The molecule has 1 heterocycles.